The van der Waals surface area contributed by atoms with Gasteiger partial charge in [-0.1, -0.05) is 31.4 Å². The molecule has 1 aromatic carbocycles. The van der Waals surface area contributed by atoms with Crippen molar-refractivity contribution in [1.29, 1.82) is 0 Å². The average molecular weight is 296 g/mol. The minimum Gasteiger partial charge on any atom is -0.388 e. The van der Waals surface area contributed by atoms with Crippen molar-refractivity contribution in [2.45, 2.75) is 45.1 Å². The van der Waals surface area contributed by atoms with E-state index in [0.717, 1.165) is 31.2 Å². The number of aryl methyl sites for hydroxylation is 1. The van der Waals surface area contributed by atoms with Gasteiger partial charge in [-0.3, -0.25) is 4.79 Å². The fourth-order valence-corrected chi connectivity index (χ4v) is 3.04. The number of hydrogen-bond donors (Lipinski definition) is 2. The largest absolute Gasteiger partial charge is 0.388 e. The number of rotatable bonds is 3. The van der Waals surface area contributed by atoms with E-state index in [1.165, 1.54) is 0 Å². The first kappa shape index (κ1) is 15.3. The molecule has 110 valence electrons. The molecule has 2 atom stereocenters. The topological polar surface area (TPSA) is 49.3 Å². The first-order valence-electron chi connectivity index (χ1n) is 7.16. The summed E-state index contributed by atoms with van der Waals surface area (Å²) in [5, 5.41) is 14.0. The van der Waals surface area contributed by atoms with Gasteiger partial charge in [0.15, 0.2) is 0 Å². The second kappa shape index (κ2) is 6.15. The van der Waals surface area contributed by atoms with Crippen LogP contribution in [-0.4, -0.2) is 23.2 Å². The molecule has 0 spiro atoms. The normalized spacial score (nSPS) is 26.3. The highest BCUT2D eigenvalue weighted by atomic mass is 35.5. The third-order valence-corrected chi connectivity index (χ3v) is 4.49. The maximum atomic E-state index is 12.1. The Morgan fingerprint density at radius 3 is 2.95 bits per heavy atom. The molecule has 4 heteroatoms. The number of hydrogen-bond acceptors (Lipinski definition) is 2. The van der Waals surface area contributed by atoms with Crippen LogP contribution in [0.5, 0.6) is 0 Å². The number of halogens is 1. The molecule has 3 nitrogen and oxygen atoms in total. The molecule has 1 amide bonds. The predicted molar refractivity (Wildman–Crippen MR) is 81.1 cm³/mol. The van der Waals surface area contributed by atoms with E-state index in [9.17, 15) is 9.90 Å². The van der Waals surface area contributed by atoms with Gasteiger partial charge >= 0.3 is 0 Å². The van der Waals surface area contributed by atoms with E-state index < -0.39 is 5.60 Å². The van der Waals surface area contributed by atoms with Crippen LogP contribution in [-0.2, 0) is 0 Å². The van der Waals surface area contributed by atoms with Gasteiger partial charge in [-0.05, 0) is 49.4 Å². The molecule has 1 aliphatic rings. The van der Waals surface area contributed by atoms with Gasteiger partial charge in [0.1, 0.15) is 0 Å². The van der Waals surface area contributed by atoms with Crippen molar-refractivity contribution in [3.05, 3.63) is 34.3 Å². The second-order valence-electron chi connectivity index (χ2n) is 6.07. The minimum atomic E-state index is -0.755. The highest BCUT2D eigenvalue weighted by molar-refractivity contribution is 6.31. The molecule has 0 radical (unpaired) electrons. The summed E-state index contributed by atoms with van der Waals surface area (Å²) >= 11 is 5.95. The third kappa shape index (κ3) is 3.74. The molecule has 2 rings (SSSR count). The summed E-state index contributed by atoms with van der Waals surface area (Å²) in [6.45, 7) is 4.34. The van der Waals surface area contributed by atoms with Crippen molar-refractivity contribution < 1.29 is 9.90 Å². The first-order valence-corrected chi connectivity index (χ1v) is 7.54. The van der Waals surface area contributed by atoms with Crippen LogP contribution in [0.25, 0.3) is 0 Å². The number of carbonyl (C=O) groups is 1. The summed E-state index contributed by atoms with van der Waals surface area (Å²) in [5.74, 6) is 0.361. The summed E-state index contributed by atoms with van der Waals surface area (Å²) in [7, 11) is 0. The number of nitrogens with one attached hydrogen (secondary N) is 1. The summed E-state index contributed by atoms with van der Waals surface area (Å²) < 4.78 is 0. The molecule has 0 aliphatic heterocycles. The van der Waals surface area contributed by atoms with Crippen LogP contribution in [0.4, 0.5) is 0 Å². The lowest BCUT2D eigenvalue weighted by molar-refractivity contribution is -0.0109. The summed E-state index contributed by atoms with van der Waals surface area (Å²) in [6, 6.07) is 5.20. The number of aliphatic hydroxyl groups is 1. The standard InChI is InChI=1S/C16H22ClNO2/c1-11-4-3-7-16(20,9-11)10-18-15(19)13-5-6-14(17)12(2)8-13/h5-6,8,11,20H,3-4,7,9-10H2,1-2H3,(H,18,19). The Labute approximate surface area is 125 Å². The van der Waals surface area contributed by atoms with E-state index in [0.29, 0.717) is 23.0 Å². The molecule has 0 saturated heterocycles. The zero-order valence-corrected chi connectivity index (χ0v) is 12.8. The maximum Gasteiger partial charge on any atom is 0.251 e. The molecule has 0 aromatic heterocycles. The number of benzene rings is 1. The smallest absolute Gasteiger partial charge is 0.251 e. The molecule has 0 heterocycles. The Bertz CT molecular complexity index is 503. The van der Waals surface area contributed by atoms with Gasteiger partial charge in [-0.15, -0.1) is 0 Å². The van der Waals surface area contributed by atoms with Gasteiger partial charge in [0.25, 0.3) is 5.91 Å². The average Bonchev–Trinajstić information content (AvgIpc) is 2.39. The molecule has 2 N–H and O–H groups in total. The molecule has 1 fully saturated rings. The SMILES string of the molecule is Cc1cc(C(=O)NCC2(O)CCCC(C)C2)ccc1Cl. The van der Waals surface area contributed by atoms with Crippen LogP contribution in [0.2, 0.25) is 5.02 Å². The molecule has 1 aromatic rings. The summed E-state index contributed by atoms with van der Waals surface area (Å²) in [4.78, 5) is 12.1. The Balaban J connectivity index is 1.96. The van der Waals surface area contributed by atoms with Crippen LogP contribution < -0.4 is 5.32 Å². The second-order valence-corrected chi connectivity index (χ2v) is 6.48. The van der Waals surface area contributed by atoms with Gasteiger partial charge in [0.05, 0.1) is 5.60 Å². The van der Waals surface area contributed by atoms with E-state index in [1.54, 1.807) is 18.2 Å². The van der Waals surface area contributed by atoms with Crippen molar-refractivity contribution >= 4 is 17.5 Å². The molecule has 1 aliphatic carbocycles. The fourth-order valence-electron chi connectivity index (χ4n) is 2.93. The predicted octanol–water partition coefficient (Wildman–Crippen LogP) is 3.32. The molecular formula is C16H22ClNO2. The lowest BCUT2D eigenvalue weighted by atomic mass is 9.79. The van der Waals surface area contributed by atoms with E-state index >= 15 is 0 Å². The Morgan fingerprint density at radius 2 is 2.30 bits per heavy atom. The van der Waals surface area contributed by atoms with Crippen molar-refractivity contribution in [2.24, 2.45) is 5.92 Å². The Morgan fingerprint density at radius 1 is 1.55 bits per heavy atom. The van der Waals surface area contributed by atoms with E-state index in [-0.39, 0.29) is 5.91 Å². The van der Waals surface area contributed by atoms with Crippen molar-refractivity contribution in [2.75, 3.05) is 6.54 Å². The molecule has 0 bridgehead atoms. The quantitative estimate of drug-likeness (QED) is 0.899. The van der Waals surface area contributed by atoms with E-state index in [1.807, 2.05) is 6.92 Å². The Hall–Kier alpha value is -1.06. The molecule has 1 saturated carbocycles. The van der Waals surface area contributed by atoms with Gasteiger partial charge in [-0.2, -0.15) is 0 Å². The zero-order chi connectivity index (χ0) is 14.8. The van der Waals surface area contributed by atoms with Crippen LogP contribution in [0.3, 0.4) is 0 Å². The third-order valence-electron chi connectivity index (χ3n) is 4.07. The van der Waals surface area contributed by atoms with Crippen LogP contribution in [0, 0.1) is 12.8 Å². The Kier molecular flexibility index (Phi) is 4.71. The fraction of sp³-hybridized carbons (Fsp3) is 0.562. The van der Waals surface area contributed by atoms with Gasteiger partial charge in [0, 0.05) is 17.1 Å². The number of carbonyl (C=O) groups excluding carboxylic acids is 1. The minimum absolute atomic E-state index is 0.156. The first-order chi connectivity index (χ1) is 9.39. The van der Waals surface area contributed by atoms with Gasteiger partial charge in [0.2, 0.25) is 0 Å². The van der Waals surface area contributed by atoms with Crippen LogP contribution in [0.1, 0.15) is 48.5 Å². The number of amides is 1. The summed E-state index contributed by atoms with van der Waals surface area (Å²) in [6.07, 6.45) is 3.70. The highest BCUT2D eigenvalue weighted by Crippen LogP contribution is 2.31. The van der Waals surface area contributed by atoms with Gasteiger partial charge in [-0.25, -0.2) is 0 Å². The highest BCUT2D eigenvalue weighted by Gasteiger charge is 2.32. The van der Waals surface area contributed by atoms with Crippen molar-refractivity contribution in [3.63, 3.8) is 0 Å². The van der Waals surface area contributed by atoms with Gasteiger partial charge < -0.3 is 10.4 Å². The van der Waals surface area contributed by atoms with E-state index in [4.69, 9.17) is 11.6 Å². The van der Waals surface area contributed by atoms with Crippen LogP contribution >= 0.6 is 11.6 Å². The molecule has 20 heavy (non-hydrogen) atoms. The monoisotopic (exact) mass is 295 g/mol. The summed E-state index contributed by atoms with van der Waals surface area (Å²) in [5.41, 5.74) is 0.707. The van der Waals surface area contributed by atoms with E-state index in [2.05, 4.69) is 12.2 Å². The molecule has 2 unspecified atom stereocenters. The lowest BCUT2D eigenvalue weighted by Crippen LogP contribution is -2.45. The zero-order valence-electron chi connectivity index (χ0n) is 12.1. The van der Waals surface area contributed by atoms with Crippen molar-refractivity contribution in [1.82, 2.24) is 5.32 Å². The molecular weight excluding hydrogens is 274 g/mol. The lowest BCUT2D eigenvalue weighted by Gasteiger charge is -2.35. The van der Waals surface area contributed by atoms with Crippen LogP contribution in [0.15, 0.2) is 18.2 Å². The maximum absolute atomic E-state index is 12.1. The van der Waals surface area contributed by atoms with Crippen molar-refractivity contribution in [3.8, 4) is 0 Å².